The van der Waals surface area contributed by atoms with E-state index in [-0.39, 0.29) is 0 Å². The Labute approximate surface area is 222 Å². The topological polar surface area (TPSA) is 0 Å². The quantitative estimate of drug-likeness (QED) is 0.300. The van der Waals surface area contributed by atoms with Crippen molar-refractivity contribution in [2.24, 2.45) is 11.8 Å². The predicted molar refractivity (Wildman–Crippen MR) is 165 cm³/mol. The smallest absolute Gasteiger partial charge is 0.0581 e. The Morgan fingerprint density at radius 3 is 1.73 bits per heavy atom. The predicted octanol–water partition coefficient (Wildman–Crippen LogP) is 10.00. The molecule has 0 aliphatic carbocycles. The Kier molecular flexibility index (Phi) is 19.6. The first-order valence-electron chi connectivity index (χ1n) is 11.3. The Hall–Kier alpha value is 2.80. The number of hydrogen-bond acceptors (Lipinski definition) is 8. The molecule has 4 rings (SSSR count). The van der Waals surface area contributed by atoms with Crippen LogP contribution in [0.4, 0.5) is 0 Å². The first-order chi connectivity index (χ1) is 14.4. The molecule has 4 aliphatic heterocycles. The third-order valence-electron chi connectivity index (χ3n) is 5.24. The van der Waals surface area contributed by atoms with Crippen molar-refractivity contribution in [2.75, 3.05) is 38.9 Å². The highest BCUT2D eigenvalue weighted by Crippen LogP contribution is 2.45. The fourth-order valence-electron chi connectivity index (χ4n) is 2.83. The van der Waals surface area contributed by atoms with Crippen molar-refractivity contribution in [1.82, 2.24) is 0 Å². The highest BCUT2D eigenvalue weighted by Gasteiger charge is 2.27. The van der Waals surface area contributed by atoms with E-state index in [0.717, 1.165) is 21.7 Å². The minimum Gasteiger partial charge on any atom is -0.159 e. The van der Waals surface area contributed by atoms with Crippen molar-refractivity contribution in [3.05, 3.63) is 0 Å². The molecule has 0 aromatic carbocycles. The van der Waals surface area contributed by atoms with E-state index >= 15 is 0 Å². The van der Waals surface area contributed by atoms with Crippen LogP contribution >= 0.6 is 92.2 Å². The van der Waals surface area contributed by atoms with Crippen LogP contribution in [0.2, 0.25) is 0 Å². The largest absolute Gasteiger partial charge is 0.159 e. The molecule has 0 saturated carbocycles. The van der Waals surface area contributed by atoms with Crippen LogP contribution in [0.15, 0.2) is 0 Å². The number of rotatable bonds is 2. The van der Waals surface area contributed by atoms with Crippen LogP contribution in [-0.2, 0) is 0 Å². The maximum atomic E-state index is 2.36. The Bertz CT molecular complexity index is 373. The first-order valence-corrected chi connectivity index (χ1v) is 20.1. The summed E-state index contributed by atoms with van der Waals surface area (Å²) in [5.41, 5.74) is 0. The zero-order valence-electron chi connectivity index (χ0n) is 19.9. The lowest BCUT2D eigenvalue weighted by molar-refractivity contribution is 0.507. The Morgan fingerprint density at radius 1 is 0.833 bits per heavy atom. The molecule has 0 radical (unpaired) electrons. The lowest BCUT2D eigenvalue weighted by atomic mass is 10.0. The van der Waals surface area contributed by atoms with Gasteiger partial charge in [0.2, 0.25) is 0 Å². The first kappa shape index (κ1) is 30.8. The molecule has 4 saturated heterocycles. The molecule has 0 N–H and O–H groups in total. The van der Waals surface area contributed by atoms with Gasteiger partial charge in [-0.15, -0.1) is 58.8 Å². The summed E-state index contributed by atoms with van der Waals surface area (Å²) in [6.45, 7) is 13.9. The minimum atomic E-state index is 0.569. The van der Waals surface area contributed by atoms with Crippen molar-refractivity contribution in [3.8, 4) is 0 Å². The van der Waals surface area contributed by atoms with Crippen molar-refractivity contribution in [2.45, 2.75) is 81.1 Å². The van der Waals surface area contributed by atoms with Gasteiger partial charge in [-0.3, -0.25) is 0 Å². The molecular formula is C22H44S8. The summed E-state index contributed by atoms with van der Waals surface area (Å²) in [5, 5.41) is 3.52. The molecular weight excluding hydrogens is 521 g/mol. The summed E-state index contributed by atoms with van der Waals surface area (Å²) in [5.74, 6) is 8.68. The highest BCUT2D eigenvalue weighted by molar-refractivity contribution is 8.77. The molecule has 8 heteroatoms. The van der Waals surface area contributed by atoms with E-state index in [0.29, 0.717) is 4.08 Å². The number of thioether (sulfide) groups is 6. The van der Waals surface area contributed by atoms with E-state index in [4.69, 9.17) is 0 Å². The molecule has 0 spiro atoms. The molecule has 4 fully saturated rings. The lowest BCUT2D eigenvalue weighted by Crippen LogP contribution is -2.15. The van der Waals surface area contributed by atoms with E-state index in [2.05, 4.69) is 100 Å². The van der Waals surface area contributed by atoms with Crippen molar-refractivity contribution in [3.63, 3.8) is 0 Å². The summed E-state index contributed by atoms with van der Waals surface area (Å²) < 4.78 is 1.44. The molecule has 4 heterocycles. The third-order valence-corrected chi connectivity index (χ3v) is 17.9. The molecule has 0 amide bonds. The molecule has 2 unspecified atom stereocenters. The molecule has 4 aliphatic rings. The SMILES string of the molecule is C1CSSC1.CC(C)C1SCSCS1.CC1CCCSC1C.CCC1(C)SCCS1. The molecule has 180 valence electrons. The average Bonchev–Trinajstić information content (AvgIpc) is 3.48. The van der Waals surface area contributed by atoms with Gasteiger partial charge < -0.3 is 0 Å². The van der Waals surface area contributed by atoms with Crippen LogP contribution < -0.4 is 0 Å². The Balaban J connectivity index is 0.000000203. The van der Waals surface area contributed by atoms with Gasteiger partial charge in [-0.2, -0.15) is 11.8 Å². The van der Waals surface area contributed by atoms with Gasteiger partial charge in [0.05, 0.1) is 8.66 Å². The van der Waals surface area contributed by atoms with Gasteiger partial charge in [0, 0.05) is 38.4 Å². The normalized spacial score (nSPS) is 28.5. The zero-order valence-corrected chi connectivity index (χ0v) is 26.4. The van der Waals surface area contributed by atoms with Gasteiger partial charge >= 0.3 is 0 Å². The van der Waals surface area contributed by atoms with Crippen LogP contribution in [0.25, 0.3) is 0 Å². The van der Waals surface area contributed by atoms with Gasteiger partial charge in [0.1, 0.15) is 0 Å². The fourth-order valence-corrected chi connectivity index (χ4v) is 14.0. The summed E-state index contributed by atoms with van der Waals surface area (Å²) in [4.78, 5) is 0. The van der Waals surface area contributed by atoms with E-state index in [1.54, 1.807) is 0 Å². The molecule has 0 bridgehead atoms. The van der Waals surface area contributed by atoms with Gasteiger partial charge in [-0.05, 0) is 50.2 Å². The molecule has 0 nitrogen and oxygen atoms in total. The number of hydrogen-bond donors (Lipinski definition) is 0. The van der Waals surface area contributed by atoms with E-state index in [9.17, 15) is 0 Å². The molecule has 30 heavy (non-hydrogen) atoms. The van der Waals surface area contributed by atoms with Crippen molar-refractivity contribution >= 4 is 92.2 Å². The van der Waals surface area contributed by atoms with Gasteiger partial charge in [-0.1, -0.05) is 56.2 Å². The Morgan fingerprint density at radius 2 is 1.43 bits per heavy atom. The second-order valence-corrected chi connectivity index (χ2v) is 20.2. The van der Waals surface area contributed by atoms with Crippen LogP contribution in [0.3, 0.4) is 0 Å². The maximum absolute atomic E-state index is 2.36. The zero-order chi connectivity index (χ0) is 22.2. The summed E-state index contributed by atoms with van der Waals surface area (Å²) >= 11 is 12.6. The standard InChI is InChI=1S/C7H14S.C6H12S3.C6H12S2.C3H6S2/c1-6-4-3-5-8-7(6)2;1-5(2)6-8-3-7-4-9-6;1-3-6(2)7-4-5-8-6;1-2-4-5-3-1/h6-7H,3-5H2,1-2H3;5-6H,3-4H2,1-2H3;3-5H2,1-2H3;1-3H2. The van der Waals surface area contributed by atoms with Crippen LogP contribution in [-0.4, -0.2) is 52.8 Å². The van der Waals surface area contributed by atoms with E-state index in [1.807, 2.05) is 33.3 Å². The fraction of sp³-hybridized carbons (Fsp3) is 1.00. The van der Waals surface area contributed by atoms with Crippen molar-refractivity contribution < 1.29 is 0 Å². The van der Waals surface area contributed by atoms with Crippen LogP contribution in [0.5, 0.6) is 0 Å². The van der Waals surface area contributed by atoms with E-state index < -0.39 is 0 Å². The van der Waals surface area contributed by atoms with Crippen molar-refractivity contribution in [1.29, 1.82) is 0 Å². The highest BCUT2D eigenvalue weighted by atomic mass is 33.1. The van der Waals surface area contributed by atoms with Gasteiger partial charge in [0.15, 0.2) is 0 Å². The third kappa shape index (κ3) is 14.9. The molecule has 2 atom stereocenters. The summed E-state index contributed by atoms with van der Waals surface area (Å²) in [6, 6.07) is 0. The van der Waals surface area contributed by atoms with Crippen LogP contribution in [0, 0.1) is 11.8 Å². The second-order valence-electron chi connectivity index (χ2n) is 8.26. The molecule has 0 aromatic rings. The summed E-state index contributed by atoms with van der Waals surface area (Å²) in [7, 11) is 3.98. The average molecular weight is 565 g/mol. The van der Waals surface area contributed by atoms with Gasteiger partial charge in [0.25, 0.3) is 0 Å². The van der Waals surface area contributed by atoms with Crippen LogP contribution in [0.1, 0.15) is 67.2 Å². The minimum absolute atomic E-state index is 0.569. The summed E-state index contributed by atoms with van der Waals surface area (Å²) in [6.07, 6.45) is 5.63. The molecule has 0 aromatic heterocycles. The van der Waals surface area contributed by atoms with Gasteiger partial charge in [-0.25, -0.2) is 0 Å². The second kappa shape index (κ2) is 19.0. The maximum Gasteiger partial charge on any atom is 0.0581 e. The lowest BCUT2D eigenvalue weighted by Gasteiger charge is -2.24. The monoisotopic (exact) mass is 564 g/mol. The van der Waals surface area contributed by atoms with E-state index in [1.165, 1.54) is 64.6 Å².